The number of benzene rings is 3. The van der Waals surface area contributed by atoms with E-state index < -0.39 is 10.0 Å². The number of hydrogen-bond donors (Lipinski definition) is 3. The molecule has 148 valence electrons. The standard InChI is InChI=1S/C22H22N4O2S/c1-14-8-10-17-20(12-14)24-18-7-5-4-6-16(18)22(17)25-19-11-9-15(13-21(19)23-2)26-29(3,27)28/h4-13,23,26H,1-3H3,(H,24,25). The third-order valence-corrected chi connectivity index (χ3v) is 5.30. The SMILES string of the molecule is CNc1cc(NS(C)(=O)=O)ccc1Nc1c2ccccc2nc2cc(C)ccc12. The Morgan fingerprint density at radius 2 is 1.62 bits per heavy atom. The molecule has 3 N–H and O–H groups in total. The molecule has 0 atom stereocenters. The van der Waals surface area contributed by atoms with Crippen molar-refractivity contribution >= 4 is 54.6 Å². The van der Waals surface area contributed by atoms with Gasteiger partial charge in [-0.1, -0.05) is 30.3 Å². The lowest BCUT2D eigenvalue weighted by Gasteiger charge is -2.17. The zero-order chi connectivity index (χ0) is 20.6. The Bertz CT molecular complexity index is 1330. The number of pyridine rings is 1. The monoisotopic (exact) mass is 406 g/mol. The summed E-state index contributed by atoms with van der Waals surface area (Å²) in [5.41, 5.74) is 6.07. The molecule has 4 rings (SSSR count). The zero-order valence-corrected chi connectivity index (χ0v) is 17.3. The van der Waals surface area contributed by atoms with Crippen LogP contribution in [-0.4, -0.2) is 26.7 Å². The van der Waals surface area contributed by atoms with Crippen molar-refractivity contribution in [2.24, 2.45) is 0 Å². The van der Waals surface area contributed by atoms with E-state index in [0.29, 0.717) is 5.69 Å². The van der Waals surface area contributed by atoms with Crippen molar-refractivity contribution in [2.45, 2.75) is 6.92 Å². The predicted octanol–water partition coefficient (Wildman–Crippen LogP) is 4.85. The molecule has 0 spiro atoms. The van der Waals surface area contributed by atoms with Crippen LogP contribution in [0.4, 0.5) is 22.7 Å². The fourth-order valence-electron chi connectivity index (χ4n) is 3.41. The number of aryl methyl sites for hydroxylation is 1. The van der Waals surface area contributed by atoms with E-state index in [1.807, 2.05) is 30.3 Å². The average Bonchev–Trinajstić information content (AvgIpc) is 2.67. The fraction of sp³-hybridized carbons (Fsp3) is 0.136. The Kier molecular flexibility index (Phi) is 4.76. The van der Waals surface area contributed by atoms with Crippen molar-refractivity contribution in [3.63, 3.8) is 0 Å². The van der Waals surface area contributed by atoms with Crippen LogP contribution in [0, 0.1) is 6.92 Å². The Balaban J connectivity index is 1.87. The highest BCUT2D eigenvalue weighted by Crippen LogP contribution is 2.36. The van der Waals surface area contributed by atoms with Crippen molar-refractivity contribution < 1.29 is 8.42 Å². The summed E-state index contributed by atoms with van der Waals surface area (Å²) in [7, 11) is -1.54. The van der Waals surface area contributed by atoms with E-state index in [4.69, 9.17) is 4.98 Å². The Morgan fingerprint density at radius 1 is 0.862 bits per heavy atom. The van der Waals surface area contributed by atoms with E-state index in [2.05, 4.69) is 40.5 Å². The summed E-state index contributed by atoms with van der Waals surface area (Å²) in [4.78, 5) is 4.81. The molecule has 0 aliphatic carbocycles. The van der Waals surface area contributed by atoms with Gasteiger partial charge < -0.3 is 10.6 Å². The Morgan fingerprint density at radius 3 is 2.38 bits per heavy atom. The van der Waals surface area contributed by atoms with Gasteiger partial charge >= 0.3 is 0 Å². The summed E-state index contributed by atoms with van der Waals surface area (Å²) in [6.45, 7) is 2.05. The zero-order valence-electron chi connectivity index (χ0n) is 16.4. The summed E-state index contributed by atoms with van der Waals surface area (Å²) in [5.74, 6) is 0. The molecule has 29 heavy (non-hydrogen) atoms. The number of sulfonamides is 1. The molecule has 0 amide bonds. The van der Waals surface area contributed by atoms with Crippen LogP contribution in [0.15, 0.2) is 60.7 Å². The normalized spacial score (nSPS) is 11.6. The third-order valence-electron chi connectivity index (χ3n) is 4.69. The van der Waals surface area contributed by atoms with Gasteiger partial charge in [-0.3, -0.25) is 4.72 Å². The van der Waals surface area contributed by atoms with Gasteiger partial charge in [-0.25, -0.2) is 13.4 Å². The van der Waals surface area contributed by atoms with Crippen LogP contribution in [0.25, 0.3) is 21.8 Å². The molecule has 0 aliphatic heterocycles. The van der Waals surface area contributed by atoms with Crippen LogP contribution in [0.2, 0.25) is 0 Å². The van der Waals surface area contributed by atoms with Crippen molar-refractivity contribution in [3.8, 4) is 0 Å². The van der Waals surface area contributed by atoms with Crippen molar-refractivity contribution in [2.75, 3.05) is 28.7 Å². The number of aromatic nitrogens is 1. The molecule has 1 aromatic heterocycles. The second kappa shape index (κ2) is 7.25. The van der Waals surface area contributed by atoms with Crippen molar-refractivity contribution in [1.29, 1.82) is 0 Å². The Hall–Kier alpha value is -3.32. The van der Waals surface area contributed by atoms with Gasteiger partial charge in [-0.15, -0.1) is 0 Å². The first-order chi connectivity index (χ1) is 13.8. The smallest absolute Gasteiger partial charge is 0.229 e. The first-order valence-electron chi connectivity index (χ1n) is 9.20. The molecule has 0 saturated carbocycles. The van der Waals surface area contributed by atoms with Crippen LogP contribution in [0.1, 0.15) is 5.56 Å². The fourth-order valence-corrected chi connectivity index (χ4v) is 3.97. The van der Waals surface area contributed by atoms with Gasteiger partial charge in [-0.05, 0) is 42.8 Å². The van der Waals surface area contributed by atoms with E-state index in [1.165, 1.54) is 0 Å². The highest BCUT2D eigenvalue weighted by atomic mass is 32.2. The molecule has 0 radical (unpaired) electrons. The van der Waals surface area contributed by atoms with Gasteiger partial charge in [0.25, 0.3) is 0 Å². The first-order valence-corrected chi connectivity index (χ1v) is 11.1. The second-order valence-electron chi connectivity index (χ2n) is 7.03. The lowest BCUT2D eigenvalue weighted by atomic mass is 10.1. The topological polar surface area (TPSA) is 83.1 Å². The second-order valence-corrected chi connectivity index (χ2v) is 8.78. The minimum absolute atomic E-state index is 0.502. The van der Waals surface area contributed by atoms with Crippen molar-refractivity contribution in [1.82, 2.24) is 4.98 Å². The molecule has 3 aromatic carbocycles. The van der Waals surface area contributed by atoms with E-state index in [-0.39, 0.29) is 0 Å². The van der Waals surface area contributed by atoms with Gasteiger partial charge in [-0.2, -0.15) is 0 Å². The van der Waals surface area contributed by atoms with Crippen molar-refractivity contribution in [3.05, 3.63) is 66.2 Å². The number of fused-ring (bicyclic) bond motifs is 2. The maximum atomic E-state index is 11.5. The molecule has 0 unspecified atom stereocenters. The first kappa shape index (κ1) is 19.0. The summed E-state index contributed by atoms with van der Waals surface area (Å²) in [6.07, 6.45) is 1.13. The highest BCUT2D eigenvalue weighted by molar-refractivity contribution is 7.92. The number of anilines is 4. The van der Waals surface area contributed by atoms with Crippen LogP contribution >= 0.6 is 0 Å². The number of rotatable bonds is 5. The molecule has 0 bridgehead atoms. The third kappa shape index (κ3) is 3.95. The van der Waals surface area contributed by atoms with Crippen LogP contribution in [-0.2, 0) is 10.0 Å². The molecular weight excluding hydrogens is 384 g/mol. The van der Waals surface area contributed by atoms with Crippen LogP contribution in [0.5, 0.6) is 0 Å². The van der Waals surface area contributed by atoms with Gasteiger partial charge in [0, 0.05) is 17.8 Å². The van der Waals surface area contributed by atoms with E-state index in [1.54, 1.807) is 19.2 Å². The van der Waals surface area contributed by atoms with Gasteiger partial charge in [0.2, 0.25) is 10.0 Å². The van der Waals surface area contributed by atoms with Crippen LogP contribution in [0.3, 0.4) is 0 Å². The summed E-state index contributed by atoms with van der Waals surface area (Å²) in [6, 6.07) is 19.6. The molecule has 0 saturated heterocycles. The molecule has 7 heteroatoms. The molecule has 4 aromatic rings. The molecule has 1 heterocycles. The average molecular weight is 407 g/mol. The van der Waals surface area contributed by atoms with Gasteiger partial charge in [0.05, 0.1) is 40.0 Å². The Labute approximate surface area is 170 Å². The van der Waals surface area contributed by atoms with E-state index in [9.17, 15) is 8.42 Å². The maximum Gasteiger partial charge on any atom is 0.229 e. The minimum Gasteiger partial charge on any atom is -0.386 e. The van der Waals surface area contributed by atoms with Gasteiger partial charge in [0.1, 0.15) is 0 Å². The maximum absolute atomic E-state index is 11.5. The number of para-hydroxylation sites is 1. The quantitative estimate of drug-likeness (QED) is 0.413. The molecule has 6 nitrogen and oxygen atoms in total. The summed E-state index contributed by atoms with van der Waals surface area (Å²) in [5, 5.41) is 8.71. The molecular formula is C22H22N4O2S. The highest BCUT2D eigenvalue weighted by Gasteiger charge is 2.12. The lowest BCUT2D eigenvalue weighted by molar-refractivity contribution is 0.607. The summed E-state index contributed by atoms with van der Waals surface area (Å²) < 4.78 is 25.6. The van der Waals surface area contributed by atoms with E-state index in [0.717, 1.165) is 50.7 Å². The molecule has 0 fully saturated rings. The minimum atomic E-state index is -3.34. The number of nitrogens with zero attached hydrogens (tertiary/aromatic N) is 1. The van der Waals surface area contributed by atoms with Gasteiger partial charge in [0.15, 0.2) is 0 Å². The van der Waals surface area contributed by atoms with E-state index >= 15 is 0 Å². The largest absolute Gasteiger partial charge is 0.386 e. The number of hydrogen-bond acceptors (Lipinski definition) is 5. The van der Waals surface area contributed by atoms with Crippen LogP contribution < -0.4 is 15.4 Å². The molecule has 0 aliphatic rings. The predicted molar refractivity (Wildman–Crippen MR) is 122 cm³/mol. The lowest BCUT2D eigenvalue weighted by Crippen LogP contribution is -2.10. The summed E-state index contributed by atoms with van der Waals surface area (Å²) >= 11 is 0. The number of nitrogens with one attached hydrogen (secondary N) is 3.